The minimum atomic E-state index is -0.917. The van der Waals surface area contributed by atoms with Crippen LogP contribution in [0.15, 0.2) is 40.3 Å². The second kappa shape index (κ2) is 8.38. The normalized spacial score (nSPS) is 11.4. The summed E-state index contributed by atoms with van der Waals surface area (Å²) in [5, 5.41) is 3.51. The maximum atomic E-state index is 12.7. The summed E-state index contributed by atoms with van der Waals surface area (Å²) in [5.74, 6) is -0.685. The zero-order valence-electron chi connectivity index (χ0n) is 16.5. The van der Waals surface area contributed by atoms with Crippen molar-refractivity contribution in [2.75, 3.05) is 11.9 Å². The molecule has 3 rings (SSSR count). The van der Waals surface area contributed by atoms with Gasteiger partial charge in [0.1, 0.15) is 9.58 Å². The van der Waals surface area contributed by atoms with E-state index in [1.54, 1.807) is 39.8 Å². The lowest BCUT2D eigenvalue weighted by Gasteiger charge is -2.20. The Bertz CT molecular complexity index is 1120. The van der Waals surface area contributed by atoms with Gasteiger partial charge in [-0.2, -0.15) is 0 Å². The molecule has 9 heteroatoms. The van der Waals surface area contributed by atoms with Crippen molar-refractivity contribution in [2.24, 2.45) is 0 Å². The first kappa shape index (κ1) is 21.1. The van der Waals surface area contributed by atoms with Crippen LogP contribution in [0, 0.1) is 6.92 Å². The number of hydrogen-bond acceptors (Lipinski definition) is 7. The number of para-hydroxylation sites is 1. The number of esters is 1. The minimum absolute atomic E-state index is 0.274. The number of aromatic nitrogens is 2. The Morgan fingerprint density at radius 2 is 1.97 bits per heavy atom. The van der Waals surface area contributed by atoms with E-state index in [9.17, 15) is 14.4 Å². The maximum absolute atomic E-state index is 12.7. The first-order chi connectivity index (χ1) is 13.7. The lowest BCUT2D eigenvalue weighted by molar-refractivity contribution is -0.145. The molecular formula is C20H21N3O4S2. The van der Waals surface area contributed by atoms with Crippen molar-refractivity contribution in [3.63, 3.8) is 0 Å². The van der Waals surface area contributed by atoms with E-state index >= 15 is 0 Å². The number of hydrogen-bond donors (Lipinski definition) is 2. The lowest BCUT2D eigenvalue weighted by atomic mass is 10.2. The molecule has 0 aliphatic heterocycles. The molecule has 0 saturated carbocycles. The van der Waals surface area contributed by atoms with Crippen molar-refractivity contribution in [3.8, 4) is 0 Å². The second-order valence-electron chi connectivity index (χ2n) is 6.76. The number of nitrogens with zero attached hydrogens (tertiary/aromatic N) is 1. The molecule has 2 aromatic heterocycles. The summed E-state index contributed by atoms with van der Waals surface area (Å²) in [6.07, 6.45) is 0. The molecule has 1 amide bonds. The summed E-state index contributed by atoms with van der Waals surface area (Å²) in [6, 6.07) is 9.10. The van der Waals surface area contributed by atoms with Crippen molar-refractivity contribution in [3.05, 3.63) is 51.1 Å². The molecule has 0 bridgehead atoms. The Kier molecular flexibility index (Phi) is 6.09. The molecule has 0 aliphatic rings. The van der Waals surface area contributed by atoms with Crippen LogP contribution in [0.2, 0.25) is 0 Å². The molecule has 3 aromatic rings. The van der Waals surface area contributed by atoms with Gasteiger partial charge in [0.2, 0.25) is 0 Å². The van der Waals surface area contributed by atoms with Crippen molar-refractivity contribution < 1.29 is 14.3 Å². The van der Waals surface area contributed by atoms with Crippen LogP contribution in [0.1, 0.15) is 36.0 Å². The Morgan fingerprint density at radius 3 is 2.62 bits per heavy atom. The van der Waals surface area contributed by atoms with Gasteiger partial charge in [-0.15, -0.1) is 11.3 Å². The van der Waals surface area contributed by atoms with Crippen LogP contribution in [0.25, 0.3) is 10.2 Å². The third-order valence-electron chi connectivity index (χ3n) is 4.14. The number of fused-ring (bicyclic) bond motifs is 1. The molecule has 0 saturated heterocycles. The molecule has 0 unspecified atom stereocenters. The summed E-state index contributed by atoms with van der Waals surface area (Å²) < 4.78 is 4.16. The molecule has 7 nitrogen and oxygen atoms in total. The number of thiophene rings is 1. The predicted octanol–water partition coefficient (Wildman–Crippen LogP) is 3.98. The van der Waals surface area contributed by atoms with Crippen molar-refractivity contribution >= 4 is 50.9 Å². The molecule has 152 valence electrons. The Balaban J connectivity index is 1.93. The largest absolute Gasteiger partial charge is 0.465 e. The summed E-state index contributed by atoms with van der Waals surface area (Å²) >= 11 is 2.27. The van der Waals surface area contributed by atoms with Crippen LogP contribution >= 0.6 is 23.1 Å². The predicted molar refractivity (Wildman–Crippen MR) is 116 cm³/mol. The fourth-order valence-corrected chi connectivity index (χ4v) is 4.73. The topological polar surface area (TPSA) is 101 Å². The number of ether oxygens (including phenoxy) is 1. The van der Waals surface area contributed by atoms with E-state index in [1.165, 1.54) is 0 Å². The van der Waals surface area contributed by atoms with Gasteiger partial charge in [-0.1, -0.05) is 30.0 Å². The number of anilines is 1. The average molecular weight is 432 g/mol. The minimum Gasteiger partial charge on any atom is -0.465 e. The van der Waals surface area contributed by atoms with Crippen LogP contribution in [0.4, 0.5) is 5.69 Å². The van der Waals surface area contributed by atoms with E-state index in [1.807, 2.05) is 18.2 Å². The number of amides is 1. The number of rotatable bonds is 6. The van der Waals surface area contributed by atoms with Crippen LogP contribution < -0.4 is 10.9 Å². The highest BCUT2D eigenvalue weighted by atomic mass is 32.2. The highest BCUT2D eigenvalue weighted by Gasteiger charge is 2.32. The summed E-state index contributed by atoms with van der Waals surface area (Å²) in [4.78, 5) is 45.5. The van der Waals surface area contributed by atoms with E-state index in [0.29, 0.717) is 31.5 Å². The first-order valence-corrected chi connectivity index (χ1v) is 10.6. The summed E-state index contributed by atoms with van der Waals surface area (Å²) in [7, 11) is 0. The van der Waals surface area contributed by atoms with Gasteiger partial charge < -0.3 is 15.0 Å². The Labute approximate surface area is 175 Å². The Morgan fingerprint density at radius 1 is 1.28 bits per heavy atom. The van der Waals surface area contributed by atoms with E-state index in [0.717, 1.165) is 23.1 Å². The molecule has 1 aromatic carbocycles. The quantitative estimate of drug-likeness (QED) is 0.348. The number of carbonyl (C=O) groups excluding carboxylic acids is 2. The number of benzene rings is 1. The molecule has 29 heavy (non-hydrogen) atoms. The van der Waals surface area contributed by atoms with Crippen molar-refractivity contribution in [1.29, 1.82) is 0 Å². The van der Waals surface area contributed by atoms with Gasteiger partial charge >= 0.3 is 5.97 Å². The van der Waals surface area contributed by atoms with Crippen LogP contribution in [-0.4, -0.2) is 33.2 Å². The molecule has 0 fully saturated rings. The van der Waals surface area contributed by atoms with Crippen molar-refractivity contribution in [2.45, 2.75) is 37.6 Å². The standard InChI is InChI=1S/C20H21N3O4S2/c1-5-27-18(26)20(3,4)29-19-22-15(24)13-11(2)14(28-17(13)23-19)16(25)21-12-9-7-6-8-10-12/h6-10H,5H2,1-4H3,(H,21,25)(H,22,23,24). The fourth-order valence-electron chi connectivity index (χ4n) is 2.69. The third kappa shape index (κ3) is 4.51. The monoisotopic (exact) mass is 431 g/mol. The van der Waals surface area contributed by atoms with Gasteiger partial charge in [0, 0.05) is 5.69 Å². The average Bonchev–Trinajstić information content (AvgIpc) is 2.99. The SMILES string of the molecule is CCOC(=O)C(C)(C)Sc1nc2sc(C(=O)Nc3ccccc3)c(C)c2c(=O)[nH]1. The first-order valence-electron chi connectivity index (χ1n) is 8.99. The van der Waals surface area contributed by atoms with Crippen LogP contribution in [-0.2, 0) is 9.53 Å². The number of nitrogens with one attached hydrogen (secondary N) is 2. The molecule has 2 heterocycles. The van der Waals surface area contributed by atoms with Crippen molar-refractivity contribution in [1.82, 2.24) is 9.97 Å². The number of aryl methyl sites for hydroxylation is 1. The molecule has 2 N–H and O–H groups in total. The van der Waals surface area contributed by atoms with Gasteiger partial charge in [-0.25, -0.2) is 4.98 Å². The number of aromatic amines is 1. The molecule has 0 atom stereocenters. The van der Waals surface area contributed by atoms with E-state index in [-0.39, 0.29) is 18.1 Å². The Hall–Kier alpha value is -2.65. The summed E-state index contributed by atoms with van der Waals surface area (Å²) in [6.45, 7) is 7.15. The summed E-state index contributed by atoms with van der Waals surface area (Å²) in [5.41, 5.74) is 0.904. The molecule has 0 aliphatic carbocycles. The third-order valence-corrected chi connectivity index (χ3v) is 6.38. The number of thioether (sulfide) groups is 1. The van der Waals surface area contributed by atoms with Crippen LogP contribution in [0.3, 0.4) is 0 Å². The van der Waals surface area contributed by atoms with Crippen LogP contribution in [0.5, 0.6) is 0 Å². The lowest BCUT2D eigenvalue weighted by Crippen LogP contribution is -2.30. The smallest absolute Gasteiger partial charge is 0.322 e. The second-order valence-corrected chi connectivity index (χ2v) is 9.37. The van der Waals surface area contributed by atoms with E-state index in [2.05, 4.69) is 15.3 Å². The van der Waals surface area contributed by atoms with Gasteiger partial charge in [0.15, 0.2) is 5.16 Å². The zero-order valence-corrected chi connectivity index (χ0v) is 18.1. The van der Waals surface area contributed by atoms with E-state index < -0.39 is 10.7 Å². The van der Waals surface area contributed by atoms with Gasteiger partial charge in [-0.05, 0) is 45.4 Å². The fraction of sp³-hybridized carbons (Fsp3) is 0.300. The molecule has 0 radical (unpaired) electrons. The van der Waals surface area contributed by atoms with Gasteiger partial charge in [0.05, 0.1) is 16.9 Å². The number of carbonyl (C=O) groups is 2. The highest BCUT2D eigenvalue weighted by molar-refractivity contribution is 8.01. The molecular weight excluding hydrogens is 410 g/mol. The maximum Gasteiger partial charge on any atom is 0.322 e. The molecule has 0 spiro atoms. The zero-order chi connectivity index (χ0) is 21.2. The number of H-pyrrole nitrogens is 1. The van der Waals surface area contributed by atoms with Gasteiger partial charge in [0.25, 0.3) is 11.5 Å². The highest BCUT2D eigenvalue weighted by Crippen LogP contribution is 2.34. The van der Waals surface area contributed by atoms with E-state index in [4.69, 9.17) is 4.74 Å². The van der Waals surface area contributed by atoms with Gasteiger partial charge in [-0.3, -0.25) is 14.4 Å².